The lowest BCUT2D eigenvalue weighted by Crippen LogP contribution is -2.19. The first-order valence-corrected chi connectivity index (χ1v) is 8.74. The third kappa shape index (κ3) is 3.41. The minimum Gasteiger partial charge on any atom is -0.361 e. The number of hydrazone groups is 1. The Bertz CT molecular complexity index is 1030. The van der Waals surface area contributed by atoms with Crippen molar-refractivity contribution in [1.29, 1.82) is 0 Å². The maximum Gasteiger partial charge on any atom is 0.250 e. The summed E-state index contributed by atoms with van der Waals surface area (Å²) in [6.45, 7) is 0. The number of imidazole rings is 1. The number of amides is 1. The molecular weight excluding hydrogens is 334 g/mol. The molecule has 7 heteroatoms. The number of carbonyl (C=O) groups is 1. The van der Waals surface area contributed by atoms with Gasteiger partial charge in [-0.15, -0.1) is 0 Å². The summed E-state index contributed by atoms with van der Waals surface area (Å²) < 4.78 is 0. The molecule has 4 aromatic rings. The molecule has 0 aliphatic rings. The third-order valence-electron chi connectivity index (χ3n) is 3.72. The maximum absolute atomic E-state index is 11.9. The van der Waals surface area contributed by atoms with E-state index in [0.717, 1.165) is 32.7 Å². The zero-order chi connectivity index (χ0) is 17.1. The third-order valence-corrected chi connectivity index (χ3v) is 4.60. The van der Waals surface area contributed by atoms with Gasteiger partial charge in [0.25, 0.3) is 5.91 Å². The van der Waals surface area contributed by atoms with Gasteiger partial charge >= 0.3 is 0 Å². The fraction of sp³-hybridized carbons (Fsp3) is 0.0556. The van der Waals surface area contributed by atoms with Crippen LogP contribution in [0.1, 0.15) is 5.56 Å². The lowest BCUT2D eigenvalue weighted by molar-refractivity contribution is -0.118. The zero-order valence-corrected chi connectivity index (χ0v) is 14.0. The van der Waals surface area contributed by atoms with E-state index in [0.29, 0.717) is 0 Å². The molecule has 0 atom stereocenters. The van der Waals surface area contributed by atoms with Gasteiger partial charge < -0.3 is 9.97 Å². The Hall–Kier alpha value is -3.06. The van der Waals surface area contributed by atoms with Gasteiger partial charge in [0.2, 0.25) is 0 Å². The number of fused-ring (bicyclic) bond motifs is 2. The predicted octanol–water partition coefficient (Wildman–Crippen LogP) is 3.29. The average molecular weight is 349 g/mol. The normalized spacial score (nSPS) is 11.5. The molecule has 25 heavy (non-hydrogen) atoms. The van der Waals surface area contributed by atoms with Gasteiger partial charge in [-0.1, -0.05) is 42.1 Å². The molecule has 2 aromatic heterocycles. The average Bonchev–Trinajstić information content (AvgIpc) is 3.24. The van der Waals surface area contributed by atoms with Gasteiger partial charge in [0, 0.05) is 22.7 Å². The number of H-pyrrole nitrogens is 2. The molecular formula is C18H15N5OS. The van der Waals surface area contributed by atoms with E-state index in [4.69, 9.17) is 0 Å². The predicted molar refractivity (Wildman–Crippen MR) is 101 cm³/mol. The summed E-state index contributed by atoms with van der Waals surface area (Å²) in [6.07, 6.45) is 3.51. The summed E-state index contributed by atoms with van der Waals surface area (Å²) in [5.41, 5.74) is 6.37. The number of carbonyl (C=O) groups excluding carboxylic acids is 1. The number of thioether (sulfide) groups is 1. The van der Waals surface area contributed by atoms with Crippen LogP contribution in [0.15, 0.2) is 65.0 Å². The van der Waals surface area contributed by atoms with Crippen LogP contribution in [0.2, 0.25) is 0 Å². The standard InChI is InChI=1S/C18H15N5OS/c24-17(11-25-18-21-15-7-3-4-8-16(15)22-18)23-20-10-12-9-19-14-6-2-1-5-13(12)14/h1-10,19H,11H2,(H,21,22)(H,23,24)/b20-10-. The molecule has 6 nitrogen and oxygen atoms in total. The molecule has 4 rings (SSSR count). The van der Waals surface area contributed by atoms with Crippen LogP contribution in [0.4, 0.5) is 0 Å². The van der Waals surface area contributed by atoms with Crippen LogP contribution in [-0.2, 0) is 4.79 Å². The number of benzene rings is 2. The van der Waals surface area contributed by atoms with E-state index in [2.05, 4.69) is 25.5 Å². The van der Waals surface area contributed by atoms with Crippen molar-refractivity contribution < 1.29 is 4.79 Å². The Morgan fingerprint density at radius 2 is 1.96 bits per heavy atom. The highest BCUT2D eigenvalue weighted by Crippen LogP contribution is 2.19. The van der Waals surface area contributed by atoms with Gasteiger partial charge in [0.15, 0.2) is 5.16 Å². The summed E-state index contributed by atoms with van der Waals surface area (Å²) in [6, 6.07) is 15.7. The number of aromatic nitrogens is 3. The van der Waals surface area contributed by atoms with E-state index in [1.54, 1.807) is 6.21 Å². The largest absolute Gasteiger partial charge is 0.361 e. The quantitative estimate of drug-likeness (QED) is 0.294. The second kappa shape index (κ2) is 6.82. The highest BCUT2D eigenvalue weighted by molar-refractivity contribution is 7.99. The molecule has 3 N–H and O–H groups in total. The topological polar surface area (TPSA) is 85.9 Å². The fourth-order valence-corrected chi connectivity index (χ4v) is 3.22. The van der Waals surface area contributed by atoms with Crippen LogP contribution in [0.5, 0.6) is 0 Å². The number of hydrogen-bond acceptors (Lipinski definition) is 4. The molecule has 0 bridgehead atoms. The summed E-state index contributed by atoms with van der Waals surface area (Å²) >= 11 is 1.35. The Kier molecular flexibility index (Phi) is 4.22. The number of hydrogen-bond donors (Lipinski definition) is 3. The first-order valence-electron chi connectivity index (χ1n) is 7.75. The van der Waals surface area contributed by atoms with Crippen LogP contribution in [-0.4, -0.2) is 32.8 Å². The van der Waals surface area contributed by atoms with Gasteiger partial charge in [0.05, 0.1) is 23.0 Å². The van der Waals surface area contributed by atoms with Gasteiger partial charge in [-0.3, -0.25) is 4.79 Å². The fourth-order valence-electron chi connectivity index (χ4n) is 2.54. The molecule has 124 valence electrons. The highest BCUT2D eigenvalue weighted by atomic mass is 32.2. The maximum atomic E-state index is 11.9. The van der Waals surface area contributed by atoms with Crippen molar-refractivity contribution in [3.05, 3.63) is 60.3 Å². The molecule has 0 aliphatic heterocycles. The van der Waals surface area contributed by atoms with Gasteiger partial charge in [-0.2, -0.15) is 5.10 Å². The number of rotatable bonds is 5. The molecule has 0 aliphatic carbocycles. The Morgan fingerprint density at radius 1 is 1.16 bits per heavy atom. The molecule has 0 spiro atoms. The van der Waals surface area contributed by atoms with E-state index < -0.39 is 0 Å². The first kappa shape index (κ1) is 15.5. The van der Waals surface area contributed by atoms with Crippen LogP contribution in [0.25, 0.3) is 21.9 Å². The van der Waals surface area contributed by atoms with E-state index in [1.807, 2.05) is 54.7 Å². The van der Waals surface area contributed by atoms with Gasteiger partial charge in [-0.25, -0.2) is 10.4 Å². The number of nitrogens with one attached hydrogen (secondary N) is 3. The summed E-state index contributed by atoms with van der Waals surface area (Å²) in [4.78, 5) is 22.7. The monoisotopic (exact) mass is 349 g/mol. The SMILES string of the molecule is O=C(CSc1nc2ccccc2[nH]1)N/N=C\c1c[nH]c2ccccc12. The van der Waals surface area contributed by atoms with E-state index in [9.17, 15) is 4.79 Å². The van der Waals surface area contributed by atoms with E-state index >= 15 is 0 Å². The molecule has 0 radical (unpaired) electrons. The zero-order valence-electron chi connectivity index (χ0n) is 13.2. The lowest BCUT2D eigenvalue weighted by atomic mass is 10.2. The first-order chi connectivity index (χ1) is 12.3. The second-order valence-electron chi connectivity index (χ2n) is 5.43. The van der Waals surface area contributed by atoms with Crippen molar-refractivity contribution in [2.75, 3.05) is 5.75 Å². The van der Waals surface area contributed by atoms with Crippen molar-refractivity contribution in [1.82, 2.24) is 20.4 Å². The molecule has 0 unspecified atom stereocenters. The van der Waals surface area contributed by atoms with Crippen molar-refractivity contribution in [3.63, 3.8) is 0 Å². The van der Waals surface area contributed by atoms with Crippen molar-refractivity contribution in [2.45, 2.75) is 5.16 Å². The Morgan fingerprint density at radius 3 is 2.84 bits per heavy atom. The van der Waals surface area contributed by atoms with Crippen molar-refractivity contribution in [2.24, 2.45) is 5.10 Å². The number of aromatic amines is 2. The Balaban J connectivity index is 1.34. The van der Waals surface area contributed by atoms with Crippen LogP contribution < -0.4 is 5.43 Å². The number of nitrogens with zero attached hydrogens (tertiary/aromatic N) is 2. The lowest BCUT2D eigenvalue weighted by Gasteiger charge is -1.97. The summed E-state index contributed by atoms with van der Waals surface area (Å²) in [5.74, 6) is 0.0620. The second-order valence-corrected chi connectivity index (χ2v) is 6.39. The van der Waals surface area contributed by atoms with Crippen LogP contribution in [0, 0.1) is 0 Å². The van der Waals surface area contributed by atoms with Crippen LogP contribution >= 0.6 is 11.8 Å². The molecule has 1 amide bonds. The Labute approximate surface area is 147 Å². The number of para-hydroxylation sites is 3. The van der Waals surface area contributed by atoms with Crippen LogP contribution in [0.3, 0.4) is 0 Å². The van der Waals surface area contributed by atoms with Crippen molar-refractivity contribution in [3.8, 4) is 0 Å². The summed E-state index contributed by atoms with van der Waals surface area (Å²) in [5, 5.41) is 5.82. The molecule has 0 saturated carbocycles. The van der Waals surface area contributed by atoms with Crippen molar-refractivity contribution >= 4 is 45.8 Å². The smallest absolute Gasteiger partial charge is 0.250 e. The van der Waals surface area contributed by atoms with Gasteiger partial charge in [-0.05, 0) is 18.2 Å². The molecule has 0 fully saturated rings. The minimum atomic E-state index is -0.179. The van der Waals surface area contributed by atoms with Gasteiger partial charge in [0.1, 0.15) is 0 Å². The molecule has 2 aromatic carbocycles. The van der Waals surface area contributed by atoms with E-state index in [-0.39, 0.29) is 11.7 Å². The molecule has 2 heterocycles. The summed E-state index contributed by atoms with van der Waals surface area (Å²) in [7, 11) is 0. The minimum absolute atomic E-state index is 0.179. The molecule has 0 saturated heterocycles. The highest BCUT2D eigenvalue weighted by Gasteiger charge is 2.06. The van der Waals surface area contributed by atoms with E-state index in [1.165, 1.54) is 11.8 Å².